The second kappa shape index (κ2) is 9.98. The number of carbonyl (C=O) groups is 4. The van der Waals surface area contributed by atoms with Gasteiger partial charge < -0.3 is 26.2 Å². The summed E-state index contributed by atoms with van der Waals surface area (Å²) in [6.45, 7) is 1.42. The molecule has 0 bridgehead atoms. The number of anilines is 1. The maximum atomic E-state index is 12.5. The van der Waals surface area contributed by atoms with Crippen molar-refractivity contribution in [1.29, 1.82) is 0 Å². The largest absolute Gasteiger partial charge is 0.481 e. The van der Waals surface area contributed by atoms with E-state index in [-0.39, 0.29) is 41.2 Å². The predicted molar refractivity (Wildman–Crippen MR) is 120 cm³/mol. The van der Waals surface area contributed by atoms with Gasteiger partial charge in [0.05, 0.1) is 5.39 Å². The normalized spacial score (nSPS) is 12.7. The summed E-state index contributed by atoms with van der Waals surface area (Å²) in [5.41, 5.74) is 6.75. The van der Waals surface area contributed by atoms with Gasteiger partial charge in [0.1, 0.15) is 17.5 Å². The van der Waals surface area contributed by atoms with E-state index < -0.39 is 41.8 Å². The van der Waals surface area contributed by atoms with Gasteiger partial charge in [0, 0.05) is 30.5 Å². The zero-order valence-corrected chi connectivity index (χ0v) is 18.1. The number of nitrogens with zero attached hydrogens (tertiary/aromatic N) is 1. The van der Waals surface area contributed by atoms with Gasteiger partial charge in [0.15, 0.2) is 0 Å². The zero-order valence-electron chi connectivity index (χ0n) is 18.1. The molecule has 178 valence electrons. The van der Waals surface area contributed by atoms with Crippen LogP contribution in [0, 0.1) is 0 Å². The first-order chi connectivity index (χ1) is 16.1. The van der Waals surface area contributed by atoms with Crippen LogP contribution >= 0.6 is 0 Å². The van der Waals surface area contributed by atoms with Gasteiger partial charge in [-0.2, -0.15) is 4.98 Å². The van der Waals surface area contributed by atoms with Crippen molar-refractivity contribution in [2.24, 2.45) is 0 Å². The molecule has 0 aliphatic rings. The van der Waals surface area contributed by atoms with Crippen LogP contribution in [0.4, 0.5) is 5.95 Å². The van der Waals surface area contributed by atoms with Gasteiger partial charge >= 0.3 is 11.9 Å². The van der Waals surface area contributed by atoms with E-state index in [9.17, 15) is 29.1 Å². The average molecular weight is 469 g/mol. The van der Waals surface area contributed by atoms with Crippen molar-refractivity contribution in [3.63, 3.8) is 0 Å². The Bertz CT molecular complexity index is 1310. The first-order valence-corrected chi connectivity index (χ1v) is 10.3. The summed E-state index contributed by atoms with van der Waals surface area (Å²) < 4.78 is 0. The fourth-order valence-corrected chi connectivity index (χ4v) is 3.68. The Labute approximate surface area is 192 Å². The average Bonchev–Trinajstić information content (AvgIpc) is 3.18. The Morgan fingerprint density at radius 3 is 2.41 bits per heavy atom. The number of nitrogens with two attached hydrogens (primary N) is 1. The van der Waals surface area contributed by atoms with Crippen LogP contribution in [0.25, 0.3) is 11.0 Å². The molecule has 0 spiro atoms. The van der Waals surface area contributed by atoms with Crippen molar-refractivity contribution in [3.05, 3.63) is 57.5 Å². The molecular weight excluding hydrogens is 446 g/mol. The highest BCUT2D eigenvalue weighted by Crippen LogP contribution is 2.32. The van der Waals surface area contributed by atoms with Crippen molar-refractivity contribution in [3.8, 4) is 0 Å². The van der Waals surface area contributed by atoms with E-state index in [1.807, 2.05) is 0 Å². The van der Waals surface area contributed by atoms with E-state index >= 15 is 0 Å². The van der Waals surface area contributed by atoms with Crippen LogP contribution in [-0.4, -0.2) is 54.8 Å². The SMILES string of the molecule is CC(=O)CC(c1ccc(C(=O)N[C@@H](CCC(=O)O)C(=O)O)cc1)c1c[nH]c2nc(N)[nH]c(=O)c12. The summed E-state index contributed by atoms with van der Waals surface area (Å²) in [6, 6.07) is 4.78. The molecule has 0 aliphatic carbocycles. The molecule has 0 fully saturated rings. The molecule has 0 aliphatic heterocycles. The molecule has 1 amide bonds. The molecule has 7 N–H and O–H groups in total. The van der Waals surface area contributed by atoms with Crippen molar-refractivity contribution < 1.29 is 29.4 Å². The number of carboxylic acids is 2. The zero-order chi connectivity index (χ0) is 25.0. The van der Waals surface area contributed by atoms with Crippen LogP contribution in [0.1, 0.15) is 53.6 Å². The molecule has 0 saturated heterocycles. The summed E-state index contributed by atoms with van der Waals surface area (Å²) in [6.07, 6.45) is 0.995. The minimum atomic E-state index is -1.35. The second-order valence-corrected chi connectivity index (χ2v) is 7.80. The highest BCUT2D eigenvalue weighted by Gasteiger charge is 2.24. The van der Waals surface area contributed by atoms with Crippen LogP contribution in [0.3, 0.4) is 0 Å². The topological polar surface area (TPSA) is 208 Å². The van der Waals surface area contributed by atoms with Crippen LogP contribution in [0.5, 0.6) is 0 Å². The predicted octanol–water partition coefficient (Wildman–Crippen LogP) is 0.992. The Morgan fingerprint density at radius 2 is 1.82 bits per heavy atom. The molecule has 12 heteroatoms. The number of hydrogen-bond donors (Lipinski definition) is 6. The number of ketones is 1. The number of carboxylic acid groups (broad SMARTS) is 2. The lowest BCUT2D eigenvalue weighted by Gasteiger charge is -2.17. The number of aromatic amines is 2. The number of carbonyl (C=O) groups excluding carboxylic acids is 2. The fraction of sp³-hybridized carbons (Fsp3) is 0.273. The van der Waals surface area contributed by atoms with Crippen LogP contribution in [0.2, 0.25) is 0 Å². The van der Waals surface area contributed by atoms with Crippen LogP contribution < -0.4 is 16.6 Å². The van der Waals surface area contributed by atoms with Crippen LogP contribution in [-0.2, 0) is 14.4 Å². The third-order valence-corrected chi connectivity index (χ3v) is 5.28. The molecule has 0 radical (unpaired) electrons. The Balaban J connectivity index is 1.89. The molecule has 12 nitrogen and oxygen atoms in total. The number of aliphatic carboxylic acids is 2. The van der Waals surface area contributed by atoms with Crippen molar-refractivity contribution in [2.75, 3.05) is 5.73 Å². The minimum Gasteiger partial charge on any atom is -0.481 e. The number of benzene rings is 1. The third-order valence-electron chi connectivity index (χ3n) is 5.28. The highest BCUT2D eigenvalue weighted by molar-refractivity contribution is 5.96. The maximum absolute atomic E-state index is 12.5. The van der Waals surface area contributed by atoms with Crippen molar-refractivity contribution in [1.82, 2.24) is 20.3 Å². The molecule has 1 aromatic carbocycles. The summed E-state index contributed by atoms with van der Waals surface area (Å²) in [5, 5.41) is 20.6. The van der Waals surface area contributed by atoms with Crippen LogP contribution in [0.15, 0.2) is 35.3 Å². The van der Waals surface area contributed by atoms with E-state index in [0.717, 1.165) is 0 Å². The van der Waals surface area contributed by atoms with Gasteiger partial charge in [0.2, 0.25) is 5.95 Å². The molecular formula is C22H23N5O7. The summed E-state index contributed by atoms with van der Waals surface area (Å²) in [4.78, 5) is 68.4. The molecule has 3 rings (SSSR count). The third kappa shape index (κ3) is 5.46. The Kier molecular flexibility index (Phi) is 7.09. The van der Waals surface area contributed by atoms with E-state index in [1.165, 1.54) is 19.1 Å². The molecule has 34 heavy (non-hydrogen) atoms. The molecule has 2 heterocycles. The highest BCUT2D eigenvalue weighted by atomic mass is 16.4. The van der Waals surface area contributed by atoms with Crippen molar-refractivity contribution >= 4 is 40.6 Å². The van der Waals surface area contributed by atoms with Crippen molar-refractivity contribution in [2.45, 2.75) is 38.1 Å². The smallest absolute Gasteiger partial charge is 0.326 e. The van der Waals surface area contributed by atoms with Gasteiger partial charge in [-0.15, -0.1) is 0 Å². The number of hydrogen-bond acceptors (Lipinski definition) is 7. The Hall–Kier alpha value is -4.48. The number of amides is 1. The fourth-order valence-electron chi connectivity index (χ4n) is 3.68. The molecule has 1 unspecified atom stereocenters. The van der Waals surface area contributed by atoms with Gasteiger partial charge in [-0.25, -0.2) is 4.79 Å². The standard InChI is InChI=1S/C22H23N5O7/c1-10(28)8-13(14-9-24-18-17(14)20(32)27-22(23)26-18)11-2-4-12(5-3-11)19(31)25-15(21(33)34)6-7-16(29)30/h2-5,9,13,15H,6-8H2,1H3,(H,25,31)(H,29,30)(H,33,34)(H4,23,24,26,27,32)/t13?,15-/m0/s1. The Morgan fingerprint density at radius 1 is 1.15 bits per heavy atom. The van der Waals surface area contributed by atoms with E-state index in [4.69, 9.17) is 10.8 Å². The van der Waals surface area contributed by atoms with Gasteiger partial charge in [-0.1, -0.05) is 12.1 Å². The van der Waals surface area contributed by atoms with Gasteiger partial charge in [0.25, 0.3) is 11.5 Å². The number of fused-ring (bicyclic) bond motifs is 1. The number of Topliss-reactive ketones (excluding diaryl/α,β-unsaturated/α-hetero) is 1. The maximum Gasteiger partial charge on any atom is 0.326 e. The second-order valence-electron chi connectivity index (χ2n) is 7.80. The number of nitrogen functional groups attached to an aromatic ring is 1. The lowest BCUT2D eigenvalue weighted by molar-refractivity contribution is -0.140. The number of H-pyrrole nitrogens is 2. The first kappa shape index (κ1) is 24.2. The first-order valence-electron chi connectivity index (χ1n) is 10.3. The summed E-state index contributed by atoms with van der Waals surface area (Å²) in [5.74, 6) is -3.88. The summed E-state index contributed by atoms with van der Waals surface area (Å²) >= 11 is 0. The summed E-state index contributed by atoms with van der Waals surface area (Å²) in [7, 11) is 0. The molecule has 2 aromatic heterocycles. The van der Waals surface area contributed by atoms with Gasteiger partial charge in [-0.3, -0.25) is 24.2 Å². The molecule has 0 saturated carbocycles. The van der Waals surface area contributed by atoms with E-state index in [1.54, 1.807) is 18.3 Å². The monoisotopic (exact) mass is 469 g/mol. The molecule has 2 atom stereocenters. The van der Waals surface area contributed by atoms with Gasteiger partial charge in [-0.05, 0) is 36.6 Å². The minimum absolute atomic E-state index is 0.0487. The number of aromatic nitrogens is 3. The number of rotatable bonds is 10. The van der Waals surface area contributed by atoms with E-state index in [2.05, 4.69) is 20.3 Å². The lowest BCUT2D eigenvalue weighted by Crippen LogP contribution is -2.41. The number of nitrogens with one attached hydrogen (secondary N) is 3. The lowest BCUT2D eigenvalue weighted by atomic mass is 9.87. The van der Waals surface area contributed by atoms with E-state index in [0.29, 0.717) is 11.1 Å². The molecule has 3 aromatic rings. The quantitative estimate of drug-likeness (QED) is 0.250.